The van der Waals surface area contributed by atoms with E-state index in [1.165, 1.54) is 0 Å². The first-order valence-corrected chi connectivity index (χ1v) is 2.64. The van der Waals surface area contributed by atoms with Gasteiger partial charge in [0, 0.05) is 12.3 Å². The highest BCUT2D eigenvalue weighted by molar-refractivity contribution is 5.72. The summed E-state index contributed by atoms with van der Waals surface area (Å²) in [5.74, 6) is 0. The number of hydrogen-bond donors (Lipinski definition) is 0. The van der Waals surface area contributed by atoms with Crippen LogP contribution >= 0.6 is 0 Å². The first kappa shape index (κ1) is 2.02. The van der Waals surface area contributed by atoms with Gasteiger partial charge >= 0.3 is 0 Å². The molecule has 2 heteroatoms. The maximum absolute atomic E-state index is 7.56. The molecule has 0 fully saturated rings. The third-order valence-electron chi connectivity index (χ3n) is 1.03. The Morgan fingerprint density at radius 2 is 1.50 bits per heavy atom. The summed E-state index contributed by atoms with van der Waals surface area (Å²) in [5, 5.41) is 0. The van der Waals surface area contributed by atoms with Crippen molar-refractivity contribution in [3.05, 3.63) is 36.5 Å². The van der Waals surface area contributed by atoms with Crippen LogP contribution in [0.25, 0.3) is 11.0 Å². The molecule has 1 aromatic carbocycles. The monoisotopic (exact) mass is 136 g/mol. The minimum Gasteiger partial charge on any atom is -0.253 e. The predicted molar refractivity (Wildman–Crippen MR) is 39.5 cm³/mol. The number of para-hydroxylation sites is 2. The lowest BCUT2D eigenvalue weighted by molar-refractivity contribution is 1.29. The van der Waals surface area contributed by atoms with Crippen molar-refractivity contribution in [1.82, 2.24) is 9.97 Å². The molecule has 1 heterocycles. The molecular weight excluding hydrogens is 124 g/mol. The molecular formula is C8H6N2. The molecule has 48 valence electrons. The van der Waals surface area contributed by atoms with E-state index in [2.05, 4.69) is 9.97 Å². The van der Waals surface area contributed by atoms with Crippen LogP contribution in [0.3, 0.4) is 0 Å². The summed E-state index contributed by atoms with van der Waals surface area (Å²) in [6.45, 7) is 0. The summed E-state index contributed by atoms with van der Waals surface area (Å²) in [6, 6.07) is -1.50. The molecule has 0 aliphatic carbocycles. The van der Waals surface area contributed by atoms with Crippen molar-refractivity contribution in [2.24, 2.45) is 0 Å². The highest BCUT2D eigenvalue weighted by Crippen LogP contribution is 2.04. The van der Waals surface area contributed by atoms with Crippen LogP contribution in [0.15, 0.2) is 36.5 Å². The normalized spacial score (nSPS) is 18.4. The first-order chi connectivity index (χ1) is 7.43. The van der Waals surface area contributed by atoms with Gasteiger partial charge in [0.2, 0.25) is 0 Å². The van der Waals surface area contributed by atoms with E-state index in [4.69, 9.17) is 8.22 Å². The number of aromatic nitrogens is 2. The molecule has 0 saturated carbocycles. The summed E-state index contributed by atoms with van der Waals surface area (Å²) in [5.41, 5.74) is -0.154. The summed E-state index contributed by atoms with van der Waals surface area (Å²) in [4.78, 5) is 7.29. The summed E-state index contributed by atoms with van der Waals surface area (Å²) < 4.78 is 44.5. The van der Waals surface area contributed by atoms with Gasteiger partial charge in [-0.05, 0) is 12.1 Å². The maximum atomic E-state index is 7.56. The lowest BCUT2D eigenvalue weighted by Crippen LogP contribution is -1.78. The van der Waals surface area contributed by atoms with Crippen LogP contribution in [0.1, 0.15) is 8.22 Å². The van der Waals surface area contributed by atoms with Gasteiger partial charge in [0.05, 0.1) is 19.3 Å². The molecule has 0 N–H and O–H groups in total. The van der Waals surface area contributed by atoms with Crippen molar-refractivity contribution in [3.63, 3.8) is 0 Å². The fourth-order valence-corrected chi connectivity index (χ4v) is 0.623. The van der Waals surface area contributed by atoms with Gasteiger partial charge in [0.1, 0.15) is 0 Å². The Hall–Kier alpha value is -1.44. The Bertz CT molecular complexity index is 545. The van der Waals surface area contributed by atoms with Crippen LogP contribution in [-0.4, -0.2) is 9.97 Å². The van der Waals surface area contributed by atoms with E-state index in [1.807, 2.05) is 0 Å². The van der Waals surface area contributed by atoms with Crippen molar-refractivity contribution >= 4 is 11.0 Å². The van der Waals surface area contributed by atoms with E-state index in [0.717, 1.165) is 0 Å². The number of fused-ring (bicyclic) bond motifs is 1. The molecule has 2 nitrogen and oxygen atoms in total. The topological polar surface area (TPSA) is 25.8 Å². The van der Waals surface area contributed by atoms with Gasteiger partial charge in [0.15, 0.2) is 0 Å². The molecule has 2 aromatic rings. The lowest BCUT2D eigenvalue weighted by Gasteiger charge is -1.90. The van der Waals surface area contributed by atoms with Gasteiger partial charge in [0.25, 0.3) is 0 Å². The molecule has 2 rings (SSSR count). The highest BCUT2D eigenvalue weighted by atomic mass is 14.8. The van der Waals surface area contributed by atoms with Crippen LogP contribution in [0.4, 0.5) is 0 Å². The van der Waals surface area contributed by atoms with E-state index in [0.29, 0.717) is 0 Å². The van der Waals surface area contributed by atoms with Gasteiger partial charge in [-0.15, -0.1) is 0 Å². The van der Waals surface area contributed by atoms with E-state index in [-0.39, 0.29) is 23.1 Å². The van der Waals surface area contributed by atoms with Gasteiger partial charge in [-0.1, -0.05) is 12.1 Å². The standard InChI is InChI=1S/C8H6N2/c1-2-4-8-7(3-1)9-5-6-10-8/h1-6H/i1D,2D,3D,4D,5D,6D. The summed E-state index contributed by atoms with van der Waals surface area (Å²) >= 11 is 0. The largest absolute Gasteiger partial charge is 0.253 e. The Morgan fingerprint density at radius 3 is 2.00 bits per heavy atom. The van der Waals surface area contributed by atoms with Crippen LogP contribution in [0.5, 0.6) is 0 Å². The molecule has 10 heavy (non-hydrogen) atoms. The molecule has 1 aromatic heterocycles. The van der Waals surface area contributed by atoms with E-state index >= 15 is 0 Å². The second-order valence-corrected chi connectivity index (χ2v) is 1.64. The molecule has 0 aliphatic heterocycles. The molecule has 0 spiro atoms. The smallest absolute Gasteiger partial charge is 0.0886 e. The van der Waals surface area contributed by atoms with Crippen molar-refractivity contribution in [3.8, 4) is 0 Å². The molecule has 0 unspecified atom stereocenters. The predicted octanol–water partition coefficient (Wildman–Crippen LogP) is 1.63. The second-order valence-electron chi connectivity index (χ2n) is 1.64. The Morgan fingerprint density at radius 1 is 1.00 bits per heavy atom. The average molecular weight is 136 g/mol. The van der Waals surface area contributed by atoms with E-state index < -0.39 is 24.4 Å². The lowest BCUT2D eigenvalue weighted by atomic mass is 10.3. The number of rotatable bonds is 0. The maximum Gasteiger partial charge on any atom is 0.0886 e. The molecule has 0 bridgehead atoms. The van der Waals surface area contributed by atoms with E-state index in [1.54, 1.807) is 0 Å². The fraction of sp³-hybridized carbons (Fsp3) is 0. The van der Waals surface area contributed by atoms with Gasteiger partial charge in [-0.3, -0.25) is 9.97 Å². The van der Waals surface area contributed by atoms with Gasteiger partial charge < -0.3 is 0 Å². The average Bonchev–Trinajstić information content (AvgIpc) is 2.26. The van der Waals surface area contributed by atoms with Gasteiger partial charge in [-0.2, -0.15) is 0 Å². The van der Waals surface area contributed by atoms with Crippen molar-refractivity contribution in [1.29, 1.82) is 0 Å². The highest BCUT2D eigenvalue weighted by Gasteiger charge is 1.88. The summed E-state index contributed by atoms with van der Waals surface area (Å²) in [6.07, 6.45) is -0.810. The zero-order valence-electron chi connectivity index (χ0n) is 10.9. The van der Waals surface area contributed by atoms with Crippen molar-refractivity contribution in [2.45, 2.75) is 0 Å². The first-order valence-electron chi connectivity index (χ1n) is 5.64. The van der Waals surface area contributed by atoms with Crippen LogP contribution in [0, 0.1) is 0 Å². The molecule has 0 radical (unpaired) electrons. The van der Waals surface area contributed by atoms with Crippen LogP contribution in [0.2, 0.25) is 0 Å². The fourth-order valence-electron chi connectivity index (χ4n) is 0.623. The van der Waals surface area contributed by atoms with Gasteiger partial charge in [-0.25, -0.2) is 0 Å². The molecule has 0 atom stereocenters. The zero-order chi connectivity index (χ0) is 12.0. The molecule has 0 aliphatic rings. The Kier molecular flexibility index (Phi) is 0.417. The number of nitrogens with zero attached hydrogens (tertiary/aromatic N) is 2. The Labute approximate surface area is 67.0 Å². The zero-order valence-corrected chi connectivity index (χ0v) is 4.89. The van der Waals surface area contributed by atoms with Crippen molar-refractivity contribution in [2.75, 3.05) is 0 Å². The van der Waals surface area contributed by atoms with Crippen molar-refractivity contribution < 1.29 is 8.22 Å². The van der Waals surface area contributed by atoms with E-state index in [9.17, 15) is 0 Å². The van der Waals surface area contributed by atoms with Crippen LogP contribution in [-0.2, 0) is 0 Å². The number of benzene rings is 1. The summed E-state index contributed by atoms with van der Waals surface area (Å²) in [7, 11) is 0. The minimum atomic E-state index is -0.413. The minimum absolute atomic E-state index is 0.0769. The Balaban J connectivity index is 3.02. The molecule has 0 amide bonds. The van der Waals surface area contributed by atoms with Crippen LogP contribution < -0.4 is 0 Å². The third-order valence-corrected chi connectivity index (χ3v) is 1.03. The SMILES string of the molecule is [2H]c1nc2c([2H])c([2H])c([2H])c([2H])c2nc1[2H]. The quantitative estimate of drug-likeness (QED) is 0.550. The second kappa shape index (κ2) is 2.06. The molecule has 0 saturated heterocycles. The number of hydrogen-bond acceptors (Lipinski definition) is 2. The third kappa shape index (κ3) is 0.739.